The van der Waals surface area contributed by atoms with Crippen LogP contribution in [0.3, 0.4) is 0 Å². The highest BCUT2D eigenvalue weighted by Gasteiger charge is 2.08. The van der Waals surface area contributed by atoms with E-state index in [9.17, 15) is 8.42 Å². The molecule has 3 aromatic rings. The van der Waals surface area contributed by atoms with E-state index < -0.39 is 10.0 Å². The molecule has 3 N–H and O–H groups in total. The van der Waals surface area contributed by atoms with E-state index in [1.54, 1.807) is 12.1 Å². The Labute approximate surface area is 158 Å². The first-order valence-corrected chi connectivity index (χ1v) is 10.1. The van der Waals surface area contributed by atoms with Crippen molar-refractivity contribution in [1.29, 1.82) is 0 Å². The number of benzene rings is 2. The maximum Gasteiger partial charge on any atom is 0.229 e. The number of rotatable bonds is 6. The summed E-state index contributed by atoms with van der Waals surface area (Å²) in [4.78, 5) is 8.50. The number of aliphatic hydroxyl groups is 1. The van der Waals surface area contributed by atoms with Crippen molar-refractivity contribution in [2.75, 3.05) is 16.3 Å². The SMILES string of the molecule is Cc1ccc(Nc2cc(-c3ccc(CO)cc3)ncn2)cc1NS(C)(=O)=O. The summed E-state index contributed by atoms with van der Waals surface area (Å²) in [5.74, 6) is 0.584. The molecule has 1 aromatic heterocycles. The molecule has 8 heteroatoms. The van der Waals surface area contributed by atoms with E-state index in [-0.39, 0.29) is 6.61 Å². The Morgan fingerprint density at radius 2 is 1.78 bits per heavy atom. The van der Waals surface area contributed by atoms with E-state index in [0.717, 1.165) is 28.6 Å². The Morgan fingerprint density at radius 3 is 2.44 bits per heavy atom. The highest BCUT2D eigenvalue weighted by molar-refractivity contribution is 7.92. The molecule has 0 bridgehead atoms. The predicted octanol–water partition coefficient (Wildman–Crippen LogP) is 3.06. The van der Waals surface area contributed by atoms with Gasteiger partial charge in [0.25, 0.3) is 0 Å². The van der Waals surface area contributed by atoms with Crippen molar-refractivity contribution in [3.8, 4) is 11.3 Å². The van der Waals surface area contributed by atoms with Crippen molar-refractivity contribution in [3.05, 3.63) is 66.0 Å². The van der Waals surface area contributed by atoms with Crippen LogP contribution in [0.4, 0.5) is 17.2 Å². The van der Waals surface area contributed by atoms with Crippen molar-refractivity contribution in [2.24, 2.45) is 0 Å². The number of aryl methyl sites for hydroxylation is 1. The number of nitrogens with one attached hydrogen (secondary N) is 2. The van der Waals surface area contributed by atoms with Gasteiger partial charge in [0.1, 0.15) is 12.1 Å². The summed E-state index contributed by atoms with van der Waals surface area (Å²) in [6.45, 7) is 1.82. The van der Waals surface area contributed by atoms with E-state index in [2.05, 4.69) is 20.0 Å². The lowest BCUT2D eigenvalue weighted by molar-refractivity contribution is 0.282. The summed E-state index contributed by atoms with van der Waals surface area (Å²) in [6.07, 6.45) is 2.58. The van der Waals surface area contributed by atoms with Gasteiger partial charge in [0.05, 0.1) is 24.2 Å². The normalized spacial score (nSPS) is 11.2. The van der Waals surface area contributed by atoms with Gasteiger partial charge >= 0.3 is 0 Å². The van der Waals surface area contributed by atoms with Gasteiger partial charge in [0.15, 0.2) is 0 Å². The maximum absolute atomic E-state index is 11.5. The zero-order valence-corrected chi connectivity index (χ0v) is 15.8. The lowest BCUT2D eigenvalue weighted by Crippen LogP contribution is -2.10. The summed E-state index contributed by atoms with van der Waals surface area (Å²) in [5, 5.41) is 12.3. The molecule has 0 atom stereocenters. The molecular formula is C19H20N4O3S. The number of nitrogens with zero attached hydrogens (tertiary/aromatic N) is 2. The number of hydrogen-bond donors (Lipinski definition) is 3. The fraction of sp³-hybridized carbons (Fsp3) is 0.158. The number of anilines is 3. The molecule has 0 radical (unpaired) electrons. The van der Waals surface area contributed by atoms with Crippen LogP contribution in [0.25, 0.3) is 11.3 Å². The molecule has 0 saturated carbocycles. The van der Waals surface area contributed by atoms with Crippen LogP contribution in [0.5, 0.6) is 0 Å². The predicted molar refractivity (Wildman–Crippen MR) is 106 cm³/mol. The highest BCUT2D eigenvalue weighted by atomic mass is 32.2. The quantitative estimate of drug-likeness (QED) is 0.603. The van der Waals surface area contributed by atoms with Crippen molar-refractivity contribution < 1.29 is 13.5 Å². The summed E-state index contributed by atoms with van der Waals surface area (Å²) in [7, 11) is -3.36. The minimum atomic E-state index is -3.36. The number of aliphatic hydroxyl groups excluding tert-OH is 1. The molecule has 0 spiro atoms. The minimum absolute atomic E-state index is 0.00582. The third kappa shape index (κ3) is 5.02. The Hall–Kier alpha value is -2.97. The monoisotopic (exact) mass is 384 g/mol. The molecule has 140 valence electrons. The zero-order valence-electron chi connectivity index (χ0n) is 15.0. The molecule has 0 aliphatic heterocycles. The Bertz CT molecular complexity index is 1050. The van der Waals surface area contributed by atoms with Gasteiger partial charge in [0.2, 0.25) is 10.0 Å². The highest BCUT2D eigenvalue weighted by Crippen LogP contribution is 2.25. The van der Waals surface area contributed by atoms with Gasteiger partial charge in [-0.05, 0) is 30.2 Å². The van der Waals surface area contributed by atoms with Gasteiger partial charge in [0, 0.05) is 17.3 Å². The molecule has 3 rings (SSSR count). The molecule has 27 heavy (non-hydrogen) atoms. The standard InChI is InChI=1S/C19H20N4O3S/c1-13-3-8-16(9-17(13)23-27(2,25)26)22-19-10-18(20-12-21-19)15-6-4-14(11-24)5-7-15/h3-10,12,23-24H,11H2,1-2H3,(H,20,21,22). The number of aromatic nitrogens is 2. The van der Waals surface area contributed by atoms with Crippen molar-refractivity contribution in [3.63, 3.8) is 0 Å². The van der Waals surface area contributed by atoms with Gasteiger partial charge in [-0.2, -0.15) is 0 Å². The first kappa shape index (κ1) is 18.8. The molecule has 0 amide bonds. The Morgan fingerprint density at radius 1 is 1.04 bits per heavy atom. The van der Waals surface area contributed by atoms with Gasteiger partial charge < -0.3 is 10.4 Å². The summed E-state index contributed by atoms with van der Waals surface area (Å²) in [5.41, 5.74) is 4.50. The van der Waals surface area contributed by atoms with Crippen LogP contribution in [-0.4, -0.2) is 29.7 Å². The zero-order chi connectivity index (χ0) is 19.4. The van der Waals surface area contributed by atoms with Crippen LogP contribution >= 0.6 is 0 Å². The van der Waals surface area contributed by atoms with E-state index >= 15 is 0 Å². The fourth-order valence-electron chi connectivity index (χ4n) is 2.52. The van der Waals surface area contributed by atoms with Gasteiger partial charge in [-0.1, -0.05) is 30.3 Å². The van der Waals surface area contributed by atoms with Crippen LogP contribution in [0.2, 0.25) is 0 Å². The van der Waals surface area contributed by atoms with Crippen molar-refractivity contribution in [1.82, 2.24) is 9.97 Å². The topological polar surface area (TPSA) is 104 Å². The third-order valence-electron chi connectivity index (χ3n) is 3.90. The van der Waals surface area contributed by atoms with Gasteiger partial charge in [-0.25, -0.2) is 18.4 Å². The second kappa shape index (κ2) is 7.73. The maximum atomic E-state index is 11.5. The van der Waals surface area contributed by atoms with Crippen LogP contribution in [0.1, 0.15) is 11.1 Å². The van der Waals surface area contributed by atoms with Crippen LogP contribution in [0, 0.1) is 6.92 Å². The molecule has 1 heterocycles. The second-order valence-corrected chi connectivity index (χ2v) is 7.92. The Kier molecular flexibility index (Phi) is 5.38. The van der Waals surface area contributed by atoms with E-state index in [1.807, 2.05) is 43.3 Å². The number of sulfonamides is 1. The van der Waals surface area contributed by atoms with Crippen LogP contribution in [0.15, 0.2) is 54.9 Å². The summed E-state index contributed by atoms with van der Waals surface area (Å²) in [6, 6.07) is 14.6. The third-order valence-corrected chi connectivity index (χ3v) is 4.50. The van der Waals surface area contributed by atoms with Gasteiger partial charge in [-0.3, -0.25) is 4.72 Å². The smallest absolute Gasteiger partial charge is 0.229 e. The first-order valence-electron chi connectivity index (χ1n) is 8.22. The first-order chi connectivity index (χ1) is 12.8. The lowest BCUT2D eigenvalue weighted by atomic mass is 10.1. The van der Waals surface area contributed by atoms with Crippen LogP contribution in [-0.2, 0) is 16.6 Å². The minimum Gasteiger partial charge on any atom is -0.392 e. The molecule has 0 fully saturated rings. The Balaban J connectivity index is 1.85. The van der Waals surface area contributed by atoms with E-state index in [0.29, 0.717) is 17.2 Å². The molecule has 7 nitrogen and oxygen atoms in total. The van der Waals surface area contributed by atoms with Crippen molar-refractivity contribution >= 4 is 27.2 Å². The fourth-order valence-corrected chi connectivity index (χ4v) is 3.14. The van der Waals surface area contributed by atoms with E-state index in [4.69, 9.17) is 5.11 Å². The molecule has 2 aromatic carbocycles. The van der Waals surface area contributed by atoms with Gasteiger partial charge in [-0.15, -0.1) is 0 Å². The van der Waals surface area contributed by atoms with Crippen LogP contribution < -0.4 is 10.0 Å². The second-order valence-electron chi connectivity index (χ2n) is 6.17. The van der Waals surface area contributed by atoms with E-state index in [1.165, 1.54) is 6.33 Å². The molecule has 0 unspecified atom stereocenters. The largest absolute Gasteiger partial charge is 0.392 e. The average molecular weight is 384 g/mol. The lowest BCUT2D eigenvalue weighted by Gasteiger charge is -2.12. The summed E-state index contributed by atoms with van der Waals surface area (Å²) < 4.78 is 25.5. The average Bonchev–Trinajstić information content (AvgIpc) is 2.64. The van der Waals surface area contributed by atoms with Crippen molar-refractivity contribution in [2.45, 2.75) is 13.5 Å². The molecule has 0 saturated heterocycles. The number of hydrogen-bond acceptors (Lipinski definition) is 6. The molecular weight excluding hydrogens is 364 g/mol. The summed E-state index contributed by atoms with van der Waals surface area (Å²) >= 11 is 0. The molecule has 0 aliphatic carbocycles. The molecule has 0 aliphatic rings.